The van der Waals surface area contributed by atoms with Crippen molar-refractivity contribution in [3.8, 4) is 5.75 Å². The monoisotopic (exact) mass is 527 g/mol. The van der Waals surface area contributed by atoms with Crippen molar-refractivity contribution in [1.82, 2.24) is 15.5 Å². The molecule has 2 aromatic carbocycles. The minimum absolute atomic E-state index is 0.0140. The number of rotatable bonds is 11. The molecule has 4 N–H and O–H groups in total. The normalized spacial score (nSPS) is 18.3. The van der Waals surface area contributed by atoms with Gasteiger partial charge in [-0.05, 0) is 64.9 Å². The number of thioether (sulfide) groups is 1. The van der Waals surface area contributed by atoms with Gasteiger partial charge in [0.25, 0.3) is 11.8 Å². The van der Waals surface area contributed by atoms with Crippen molar-refractivity contribution in [3.05, 3.63) is 65.2 Å². The zero-order valence-electron chi connectivity index (χ0n) is 21.9. The Bertz CT molecular complexity index is 1110. The van der Waals surface area contributed by atoms with Gasteiger partial charge in [-0.15, -0.1) is 11.8 Å². The average molecular weight is 528 g/mol. The van der Waals surface area contributed by atoms with Gasteiger partial charge in [0, 0.05) is 22.3 Å². The zero-order chi connectivity index (χ0) is 27.2. The molecule has 0 spiro atoms. The lowest BCUT2D eigenvalue weighted by Crippen LogP contribution is -2.57. The molecule has 1 aliphatic heterocycles. The van der Waals surface area contributed by atoms with Crippen molar-refractivity contribution in [3.63, 3.8) is 0 Å². The van der Waals surface area contributed by atoms with Crippen LogP contribution in [0.15, 0.2) is 48.5 Å². The second-order valence-corrected chi connectivity index (χ2v) is 11.5. The molecule has 0 bridgehead atoms. The molecule has 1 heterocycles. The minimum atomic E-state index is -1.57. The summed E-state index contributed by atoms with van der Waals surface area (Å²) < 4.78 is -0.497. The molecule has 3 atom stereocenters. The highest BCUT2D eigenvalue weighted by atomic mass is 32.2. The summed E-state index contributed by atoms with van der Waals surface area (Å²) in [6.45, 7) is 6.20. The first-order valence-electron chi connectivity index (χ1n) is 12.5. The number of carbonyl (C=O) groups is 3. The van der Waals surface area contributed by atoms with Gasteiger partial charge in [-0.1, -0.05) is 36.4 Å². The van der Waals surface area contributed by atoms with Crippen molar-refractivity contribution in [1.29, 1.82) is 0 Å². The molecule has 3 rings (SSSR count). The molecule has 1 saturated heterocycles. The largest absolute Gasteiger partial charge is 0.508 e. The molecule has 0 unspecified atom stereocenters. The average Bonchev–Trinajstić information content (AvgIpc) is 3.19. The van der Waals surface area contributed by atoms with E-state index in [9.17, 15) is 24.6 Å². The highest BCUT2D eigenvalue weighted by Crippen LogP contribution is 2.40. The minimum Gasteiger partial charge on any atom is -0.508 e. The smallest absolute Gasteiger partial charge is 0.254 e. The number of phenolic OH excluding ortho intramolecular Hbond substituents is 1. The summed E-state index contributed by atoms with van der Waals surface area (Å²) in [7, 11) is 1.82. The van der Waals surface area contributed by atoms with Crippen LogP contribution in [0.3, 0.4) is 0 Å². The Kier molecular flexibility index (Phi) is 9.75. The number of benzene rings is 2. The Morgan fingerprint density at radius 1 is 1.14 bits per heavy atom. The maximum absolute atomic E-state index is 13.7. The molecule has 200 valence electrons. The molecular formula is C28H37N3O5S. The Hall–Kier alpha value is -2.88. The third-order valence-corrected chi connectivity index (χ3v) is 8.16. The Morgan fingerprint density at radius 2 is 1.84 bits per heavy atom. The number of Topliss-reactive ketones (excluding diaryl/α,β-unsaturated/α-hetero) is 1. The third kappa shape index (κ3) is 6.91. The molecule has 2 aromatic rings. The number of hydrogen-bond donors (Lipinski definition) is 4. The maximum Gasteiger partial charge on any atom is 0.254 e. The fourth-order valence-corrected chi connectivity index (χ4v) is 5.83. The quantitative estimate of drug-likeness (QED) is 0.332. The van der Waals surface area contributed by atoms with E-state index in [1.165, 1.54) is 22.7 Å². The number of aliphatic hydroxyl groups excluding tert-OH is 1. The number of aromatic hydroxyl groups is 1. The fraction of sp³-hybridized carbons (Fsp3) is 0.464. The number of amides is 2. The topological polar surface area (TPSA) is 119 Å². The van der Waals surface area contributed by atoms with E-state index in [0.717, 1.165) is 5.56 Å². The second-order valence-electron chi connectivity index (χ2n) is 9.93. The first kappa shape index (κ1) is 28.7. The molecular weight excluding hydrogens is 490 g/mol. The number of aliphatic hydroxyl groups is 1. The highest BCUT2D eigenvalue weighted by Gasteiger charge is 2.49. The highest BCUT2D eigenvalue weighted by molar-refractivity contribution is 8.00. The molecule has 0 aromatic heterocycles. The summed E-state index contributed by atoms with van der Waals surface area (Å²) in [6, 6.07) is 12.3. The van der Waals surface area contributed by atoms with Crippen LogP contribution in [0.5, 0.6) is 5.75 Å². The van der Waals surface area contributed by atoms with E-state index >= 15 is 0 Å². The van der Waals surface area contributed by atoms with Crippen LogP contribution in [0.25, 0.3) is 0 Å². The van der Waals surface area contributed by atoms with Crippen LogP contribution >= 0.6 is 11.8 Å². The molecule has 0 radical (unpaired) electrons. The predicted octanol–water partition coefficient (Wildman–Crippen LogP) is 2.65. The number of phenols is 1. The summed E-state index contributed by atoms with van der Waals surface area (Å²) in [5.41, 5.74) is 1.50. The molecule has 1 aliphatic rings. The molecule has 2 amide bonds. The first-order chi connectivity index (χ1) is 17.6. The van der Waals surface area contributed by atoms with Gasteiger partial charge >= 0.3 is 0 Å². The van der Waals surface area contributed by atoms with E-state index in [0.29, 0.717) is 24.9 Å². The van der Waals surface area contributed by atoms with Crippen LogP contribution in [-0.4, -0.2) is 75.1 Å². The van der Waals surface area contributed by atoms with Crippen LogP contribution in [0.1, 0.15) is 48.2 Å². The number of ketones is 1. The van der Waals surface area contributed by atoms with Crippen LogP contribution in [0, 0.1) is 6.92 Å². The van der Waals surface area contributed by atoms with Crippen molar-refractivity contribution >= 4 is 29.4 Å². The summed E-state index contributed by atoms with van der Waals surface area (Å²) in [5.74, 6) is -0.858. The SMILES string of the molecule is CNCCCC(=O)[C@H]1N(C(=O)[C@@H](O)[C@H](Cc2ccccc2)NC(=O)c2cccc(O)c2C)CSC1(C)C. The molecule has 9 heteroatoms. The summed E-state index contributed by atoms with van der Waals surface area (Å²) in [5, 5.41) is 27.2. The lowest BCUT2D eigenvalue weighted by molar-refractivity contribution is -0.146. The first-order valence-corrected chi connectivity index (χ1v) is 13.5. The van der Waals surface area contributed by atoms with E-state index in [-0.39, 0.29) is 29.4 Å². The van der Waals surface area contributed by atoms with Crippen molar-refractivity contribution in [2.45, 2.75) is 63.0 Å². The molecule has 0 saturated carbocycles. The Balaban J connectivity index is 1.86. The van der Waals surface area contributed by atoms with E-state index in [4.69, 9.17) is 0 Å². The maximum atomic E-state index is 13.7. The Morgan fingerprint density at radius 3 is 2.51 bits per heavy atom. The molecule has 37 heavy (non-hydrogen) atoms. The van der Waals surface area contributed by atoms with Gasteiger partial charge in [0.15, 0.2) is 11.9 Å². The molecule has 1 fully saturated rings. The van der Waals surface area contributed by atoms with Crippen LogP contribution in [0.4, 0.5) is 0 Å². The summed E-state index contributed by atoms with van der Waals surface area (Å²) in [6.07, 6.45) is -0.365. The third-order valence-electron chi connectivity index (χ3n) is 6.78. The number of hydrogen-bond acceptors (Lipinski definition) is 7. The fourth-order valence-electron chi connectivity index (χ4n) is 4.66. The van der Waals surface area contributed by atoms with Gasteiger partial charge in [0.05, 0.1) is 11.9 Å². The summed E-state index contributed by atoms with van der Waals surface area (Å²) >= 11 is 1.50. The van der Waals surface area contributed by atoms with E-state index in [1.54, 1.807) is 19.1 Å². The van der Waals surface area contributed by atoms with Gasteiger partial charge in [-0.3, -0.25) is 14.4 Å². The predicted molar refractivity (Wildman–Crippen MR) is 146 cm³/mol. The lowest BCUT2D eigenvalue weighted by atomic mass is 9.93. The van der Waals surface area contributed by atoms with E-state index in [2.05, 4.69) is 10.6 Å². The van der Waals surface area contributed by atoms with E-state index in [1.807, 2.05) is 51.2 Å². The standard InChI is InChI=1S/C28H37N3O5S/c1-18-20(12-8-13-22(18)32)26(35)30-21(16-19-10-6-5-7-11-19)24(34)27(36)31-17-37-28(2,3)25(31)23(33)14-9-15-29-4/h5-8,10-13,21,24-25,29,32,34H,9,14-17H2,1-4H3,(H,30,35)/t21-,24-,25+/m0/s1. The summed E-state index contributed by atoms with van der Waals surface area (Å²) in [4.78, 5) is 41.4. The molecule has 8 nitrogen and oxygen atoms in total. The Labute approximate surface area is 222 Å². The lowest BCUT2D eigenvalue weighted by Gasteiger charge is -2.33. The van der Waals surface area contributed by atoms with Crippen LogP contribution in [-0.2, 0) is 16.0 Å². The van der Waals surface area contributed by atoms with Gasteiger partial charge in [-0.2, -0.15) is 0 Å². The van der Waals surface area contributed by atoms with Crippen molar-refractivity contribution in [2.75, 3.05) is 19.5 Å². The van der Waals surface area contributed by atoms with Gasteiger partial charge in [0.2, 0.25) is 0 Å². The van der Waals surface area contributed by atoms with Gasteiger partial charge in [-0.25, -0.2) is 0 Å². The van der Waals surface area contributed by atoms with Gasteiger partial charge < -0.3 is 25.7 Å². The molecule has 0 aliphatic carbocycles. The zero-order valence-corrected chi connectivity index (χ0v) is 22.7. The number of nitrogens with one attached hydrogen (secondary N) is 2. The van der Waals surface area contributed by atoms with Crippen molar-refractivity contribution in [2.24, 2.45) is 0 Å². The second kappa shape index (κ2) is 12.6. The van der Waals surface area contributed by atoms with Crippen molar-refractivity contribution < 1.29 is 24.6 Å². The number of carbonyl (C=O) groups excluding carboxylic acids is 3. The van der Waals surface area contributed by atoms with Gasteiger partial charge in [0.1, 0.15) is 11.8 Å². The van der Waals surface area contributed by atoms with Crippen LogP contribution in [0.2, 0.25) is 0 Å². The van der Waals surface area contributed by atoms with E-state index < -0.39 is 34.7 Å². The number of nitrogens with zero attached hydrogens (tertiary/aromatic N) is 1. The van der Waals surface area contributed by atoms with Crippen LogP contribution < -0.4 is 10.6 Å².